The van der Waals surface area contributed by atoms with Gasteiger partial charge in [-0.2, -0.15) is 0 Å². The first kappa shape index (κ1) is 22.5. The molecule has 8 nitrogen and oxygen atoms in total. The molecule has 0 saturated heterocycles. The van der Waals surface area contributed by atoms with Crippen LogP contribution >= 0.6 is 0 Å². The van der Waals surface area contributed by atoms with Crippen molar-refractivity contribution in [2.45, 2.75) is 11.3 Å². The predicted molar refractivity (Wildman–Crippen MR) is 125 cm³/mol. The Balaban J connectivity index is 1.59. The third-order valence-electron chi connectivity index (χ3n) is 5.48. The zero-order valence-electron chi connectivity index (χ0n) is 18.5. The van der Waals surface area contributed by atoms with Crippen molar-refractivity contribution in [3.05, 3.63) is 71.8 Å². The van der Waals surface area contributed by atoms with E-state index >= 15 is 0 Å². The number of hydrogen-bond donors (Lipinski definition) is 1. The van der Waals surface area contributed by atoms with Gasteiger partial charge in [-0.3, -0.25) is 9.52 Å². The van der Waals surface area contributed by atoms with Gasteiger partial charge < -0.3 is 19.1 Å². The van der Waals surface area contributed by atoms with Crippen molar-refractivity contribution in [1.82, 2.24) is 0 Å². The fourth-order valence-electron chi connectivity index (χ4n) is 3.74. The molecule has 33 heavy (non-hydrogen) atoms. The first-order chi connectivity index (χ1) is 15.9. The molecule has 0 aliphatic carbocycles. The van der Waals surface area contributed by atoms with E-state index in [1.807, 2.05) is 6.07 Å². The normalized spacial score (nSPS) is 12.8. The van der Waals surface area contributed by atoms with Crippen LogP contribution in [0.15, 0.2) is 65.6 Å². The smallest absolute Gasteiger partial charge is 0.262 e. The number of ether oxygens (including phenoxy) is 3. The van der Waals surface area contributed by atoms with Crippen LogP contribution in [0, 0.1) is 0 Å². The van der Waals surface area contributed by atoms with Crippen molar-refractivity contribution in [1.29, 1.82) is 0 Å². The Kier molecular flexibility index (Phi) is 6.15. The lowest BCUT2D eigenvalue weighted by molar-refractivity contribution is 0.0989. The lowest BCUT2D eigenvalue weighted by atomic mass is 10.1. The maximum Gasteiger partial charge on any atom is 0.262 e. The minimum Gasteiger partial charge on any atom is -0.497 e. The summed E-state index contributed by atoms with van der Waals surface area (Å²) in [4.78, 5) is 14.8. The second kappa shape index (κ2) is 9.03. The second-order valence-corrected chi connectivity index (χ2v) is 9.08. The SMILES string of the molecule is COc1ccc(C(=O)N2CCc3ccc(NS(=O)(=O)c4ccc(OC)c(OC)c4)cc32)cc1. The standard InChI is InChI=1S/C24H24N2O6S/c1-30-19-8-5-17(6-9-19)24(27)26-13-12-16-4-7-18(14-21(16)26)25-33(28,29)20-10-11-22(31-2)23(15-20)32-3/h4-11,14-15,25H,12-13H2,1-3H3. The van der Waals surface area contributed by atoms with E-state index in [0.717, 1.165) is 5.56 Å². The average molecular weight is 469 g/mol. The van der Waals surface area contributed by atoms with Gasteiger partial charge in [-0.25, -0.2) is 8.42 Å². The highest BCUT2D eigenvalue weighted by Gasteiger charge is 2.27. The summed E-state index contributed by atoms with van der Waals surface area (Å²) in [5, 5.41) is 0. The molecule has 0 unspecified atom stereocenters. The van der Waals surface area contributed by atoms with Gasteiger partial charge in [0.15, 0.2) is 11.5 Å². The summed E-state index contributed by atoms with van der Waals surface area (Å²) >= 11 is 0. The predicted octanol–water partition coefficient (Wildman–Crippen LogP) is 3.72. The molecule has 172 valence electrons. The first-order valence-electron chi connectivity index (χ1n) is 10.2. The van der Waals surface area contributed by atoms with E-state index in [-0.39, 0.29) is 10.8 Å². The van der Waals surface area contributed by atoms with Gasteiger partial charge in [0.1, 0.15) is 5.75 Å². The number of rotatable bonds is 7. The van der Waals surface area contributed by atoms with Gasteiger partial charge >= 0.3 is 0 Å². The number of hydrogen-bond acceptors (Lipinski definition) is 6. The van der Waals surface area contributed by atoms with Crippen LogP contribution in [0.3, 0.4) is 0 Å². The Morgan fingerprint density at radius 1 is 0.879 bits per heavy atom. The van der Waals surface area contributed by atoms with E-state index in [4.69, 9.17) is 14.2 Å². The summed E-state index contributed by atoms with van der Waals surface area (Å²) in [7, 11) is 0.600. The zero-order valence-corrected chi connectivity index (χ0v) is 19.3. The number of methoxy groups -OCH3 is 3. The molecular formula is C24H24N2O6S. The summed E-state index contributed by atoms with van der Waals surface area (Å²) in [6.07, 6.45) is 0.694. The van der Waals surface area contributed by atoms with Crippen LogP contribution in [0.1, 0.15) is 15.9 Å². The second-order valence-electron chi connectivity index (χ2n) is 7.40. The molecule has 0 atom stereocenters. The minimum atomic E-state index is -3.89. The van der Waals surface area contributed by atoms with Crippen LogP contribution in [-0.4, -0.2) is 42.2 Å². The van der Waals surface area contributed by atoms with Crippen molar-refractivity contribution in [3.63, 3.8) is 0 Å². The Morgan fingerprint density at radius 3 is 2.27 bits per heavy atom. The van der Waals surface area contributed by atoms with Gasteiger partial charge in [-0.1, -0.05) is 6.07 Å². The molecule has 0 bridgehead atoms. The molecule has 9 heteroatoms. The van der Waals surface area contributed by atoms with Gasteiger partial charge in [0.05, 0.1) is 31.9 Å². The number of amides is 1. The molecule has 1 N–H and O–H groups in total. The van der Waals surface area contributed by atoms with Gasteiger partial charge in [-0.05, 0) is 60.5 Å². The number of anilines is 2. The Bertz CT molecular complexity index is 1290. The van der Waals surface area contributed by atoms with Crippen LogP contribution < -0.4 is 23.8 Å². The van der Waals surface area contributed by atoms with Crippen LogP contribution in [0.4, 0.5) is 11.4 Å². The summed E-state index contributed by atoms with van der Waals surface area (Å²) in [6, 6.07) is 16.5. The molecule has 3 aromatic rings. The van der Waals surface area contributed by atoms with E-state index < -0.39 is 10.0 Å². The molecule has 0 aromatic heterocycles. The maximum absolute atomic E-state index is 13.1. The van der Waals surface area contributed by atoms with E-state index in [9.17, 15) is 13.2 Å². The molecule has 3 aromatic carbocycles. The Morgan fingerprint density at radius 2 is 1.61 bits per heavy atom. The van der Waals surface area contributed by atoms with Crippen LogP contribution in [0.25, 0.3) is 0 Å². The molecule has 1 aliphatic heterocycles. The van der Waals surface area contributed by atoms with Gasteiger partial charge in [-0.15, -0.1) is 0 Å². The number of fused-ring (bicyclic) bond motifs is 1. The van der Waals surface area contributed by atoms with Crippen molar-refractivity contribution in [2.75, 3.05) is 37.5 Å². The minimum absolute atomic E-state index is 0.0341. The number of nitrogens with zero attached hydrogens (tertiary/aromatic N) is 1. The number of nitrogens with one attached hydrogen (secondary N) is 1. The van der Waals surface area contributed by atoms with Crippen molar-refractivity contribution >= 4 is 27.3 Å². The highest BCUT2D eigenvalue weighted by Crippen LogP contribution is 2.34. The fraction of sp³-hybridized carbons (Fsp3) is 0.208. The fourth-order valence-corrected chi connectivity index (χ4v) is 4.81. The molecule has 0 saturated carbocycles. The Hall–Kier alpha value is -3.72. The molecule has 0 spiro atoms. The maximum atomic E-state index is 13.1. The van der Waals surface area contributed by atoms with Crippen LogP contribution in [0.2, 0.25) is 0 Å². The molecule has 1 heterocycles. The highest BCUT2D eigenvalue weighted by atomic mass is 32.2. The zero-order chi connectivity index (χ0) is 23.6. The molecule has 1 amide bonds. The number of carbonyl (C=O) groups excluding carboxylic acids is 1. The van der Waals surface area contributed by atoms with Crippen molar-refractivity contribution in [3.8, 4) is 17.2 Å². The number of carbonyl (C=O) groups is 1. The molecule has 4 rings (SSSR count). The van der Waals surface area contributed by atoms with Crippen LogP contribution in [-0.2, 0) is 16.4 Å². The highest BCUT2D eigenvalue weighted by molar-refractivity contribution is 7.92. The van der Waals surface area contributed by atoms with E-state index in [1.165, 1.54) is 32.4 Å². The van der Waals surface area contributed by atoms with Gasteiger partial charge in [0, 0.05) is 23.9 Å². The van der Waals surface area contributed by atoms with Gasteiger partial charge in [0.25, 0.3) is 15.9 Å². The summed E-state index contributed by atoms with van der Waals surface area (Å²) in [5.41, 5.74) is 2.55. The van der Waals surface area contributed by atoms with E-state index in [0.29, 0.717) is 47.2 Å². The number of sulfonamides is 1. The van der Waals surface area contributed by atoms with E-state index in [1.54, 1.807) is 48.4 Å². The topological polar surface area (TPSA) is 94.2 Å². The lowest BCUT2D eigenvalue weighted by Gasteiger charge is -2.19. The van der Waals surface area contributed by atoms with Crippen LogP contribution in [0.5, 0.6) is 17.2 Å². The first-order valence-corrected chi connectivity index (χ1v) is 11.7. The molecular weight excluding hydrogens is 444 g/mol. The van der Waals surface area contributed by atoms with Gasteiger partial charge in [0.2, 0.25) is 0 Å². The summed E-state index contributed by atoms with van der Waals surface area (Å²) in [6.45, 7) is 0.520. The van der Waals surface area contributed by atoms with Crippen molar-refractivity contribution in [2.24, 2.45) is 0 Å². The third-order valence-corrected chi connectivity index (χ3v) is 6.86. The van der Waals surface area contributed by atoms with E-state index in [2.05, 4.69) is 4.72 Å². The molecule has 0 fully saturated rings. The third kappa shape index (κ3) is 4.45. The molecule has 0 radical (unpaired) electrons. The average Bonchev–Trinajstić information content (AvgIpc) is 3.26. The monoisotopic (exact) mass is 468 g/mol. The summed E-state index contributed by atoms with van der Waals surface area (Å²) < 4.78 is 44.1. The molecule has 1 aliphatic rings. The Labute approximate surface area is 192 Å². The largest absolute Gasteiger partial charge is 0.497 e. The summed E-state index contributed by atoms with van der Waals surface area (Å²) in [5.74, 6) is 1.25. The van der Waals surface area contributed by atoms with Crippen molar-refractivity contribution < 1.29 is 27.4 Å². The lowest BCUT2D eigenvalue weighted by Crippen LogP contribution is -2.28. The number of benzene rings is 3. The quantitative estimate of drug-likeness (QED) is 0.568.